The molecule has 2 aromatic rings. The Balaban J connectivity index is 1.55. The molecule has 8 heteroatoms. The molecular weight excluding hydrogens is 342 g/mol. The molecule has 0 unspecified atom stereocenters. The number of ether oxygens (including phenoxy) is 2. The van der Waals surface area contributed by atoms with Crippen molar-refractivity contribution in [3.63, 3.8) is 0 Å². The van der Waals surface area contributed by atoms with Crippen LogP contribution >= 0.6 is 0 Å². The Bertz CT molecular complexity index is 916. The fourth-order valence-corrected chi connectivity index (χ4v) is 2.90. The number of esters is 2. The smallest absolute Gasteiger partial charge is 0.347 e. The Hall–Kier alpha value is -3.42. The first-order valence-electron chi connectivity index (χ1n) is 7.95. The first kappa shape index (κ1) is 16.1. The van der Waals surface area contributed by atoms with Gasteiger partial charge in [0.1, 0.15) is 5.76 Å². The number of imide groups is 1. The summed E-state index contributed by atoms with van der Waals surface area (Å²) in [7, 11) is 0. The van der Waals surface area contributed by atoms with Gasteiger partial charge in [-0.1, -0.05) is 0 Å². The maximum absolute atomic E-state index is 12.5. The van der Waals surface area contributed by atoms with Gasteiger partial charge in [0.15, 0.2) is 0 Å². The topological polar surface area (TPSA) is 103 Å². The number of fused-ring (bicyclic) bond motifs is 1. The average molecular weight is 355 g/mol. The normalized spacial score (nSPS) is 18.8. The number of cyclic esters (lactones) is 1. The van der Waals surface area contributed by atoms with Gasteiger partial charge in [0.25, 0.3) is 11.8 Å². The maximum Gasteiger partial charge on any atom is 0.347 e. The molecule has 0 radical (unpaired) electrons. The van der Waals surface area contributed by atoms with Crippen LogP contribution in [-0.4, -0.2) is 41.4 Å². The predicted octanol–water partition coefficient (Wildman–Crippen LogP) is 1.55. The molecule has 132 valence electrons. The molecule has 8 nitrogen and oxygen atoms in total. The van der Waals surface area contributed by atoms with Gasteiger partial charge in [-0.3, -0.25) is 14.5 Å². The van der Waals surface area contributed by atoms with Gasteiger partial charge in [-0.2, -0.15) is 0 Å². The van der Waals surface area contributed by atoms with Crippen LogP contribution in [0.1, 0.15) is 43.3 Å². The summed E-state index contributed by atoms with van der Waals surface area (Å²) in [4.78, 5) is 49.6. The highest BCUT2D eigenvalue weighted by Gasteiger charge is 2.37. The quantitative estimate of drug-likeness (QED) is 0.605. The van der Waals surface area contributed by atoms with E-state index in [1.807, 2.05) is 0 Å². The molecule has 26 heavy (non-hydrogen) atoms. The fraction of sp³-hybridized carbons (Fsp3) is 0.222. The molecule has 0 saturated carbocycles. The number of hydrogen-bond acceptors (Lipinski definition) is 7. The van der Waals surface area contributed by atoms with Crippen LogP contribution in [0.4, 0.5) is 0 Å². The Morgan fingerprint density at radius 2 is 1.96 bits per heavy atom. The minimum atomic E-state index is -0.941. The molecule has 0 spiro atoms. The molecule has 4 rings (SSSR count). The van der Waals surface area contributed by atoms with Crippen LogP contribution in [0.15, 0.2) is 41.0 Å². The lowest BCUT2D eigenvalue weighted by atomic mass is 10.1. The summed E-state index contributed by atoms with van der Waals surface area (Å²) in [6, 6.07) is 7.42. The van der Waals surface area contributed by atoms with Gasteiger partial charge in [-0.25, -0.2) is 9.59 Å². The van der Waals surface area contributed by atoms with Crippen LogP contribution in [0.5, 0.6) is 0 Å². The van der Waals surface area contributed by atoms with E-state index in [0.717, 1.165) is 4.90 Å². The Morgan fingerprint density at radius 1 is 1.15 bits per heavy atom. The number of hydrogen-bond donors (Lipinski definition) is 0. The van der Waals surface area contributed by atoms with E-state index in [2.05, 4.69) is 0 Å². The monoisotopic (exact) mass is 355 g/mol. The zero-order chi connectivity index (χ0) is 18.3. The van der Waals surface area contributed by atoms with Gasteiger partial charge in [-0.15, -0.1) is 0 Å². The van der Waals surface area contributed by atoms with E-state index in [-0.39, 0.29) is 29.8 Å². The molecule has 2 aliphatic rings. The maximum atomic E-state index is 12.5. The summed E-state index contributed by atoms with van der Waals surface area (Å²) in [6.07, 6.45) is 0.808. The minimum Gasteiger partial charge on any atom is -0.467 e. The van der Waals surface area contributed by atoms with E-state index >= 15 is 0 Å². The predicted molar refractivity (Wildman–Crippen MR) is 84.1 cm³/mol. The van der Waals surface area contributed by atoms with Crippen LogP contribution in [0.3, 0.4) is 0 Å². The first-order chi connectivity index (χ1) is 12.5. The molecular formula is C18H13NO7. The zero-order valence-corrected chi connectivity index (χ0v) is 13.5. The third kappa shape index (κ3) is 2.65. The molecule has 2 amide bonds. The van der Waals surface area contributed by atoms with E-state index in [1.165, 1.54) is 24.5 Å². The zero-order valence-electron chi connectivity index (χ0n) is 13.5. The molecule has 2 aliphatic heterocycles. The molecule has 1 aromatic heterocycles. The number of furan rings is 1. The van der Waals surface area contributed by atoms with Gasteiger partial charge < -0.3 is 13.9 Å². The van der Waals surface area contributed by atoms with E-state index in [4.69, 9.17) is 13.9 Å². The largest absolute Gasteiger partial charge is 0.467 e. The van der Waals surface area contributed by atoms with Crippen molar-refractivity contribution in [2.24, 2.45) is 0 Å². The Labute approximate surface area is 147 Å². The fourth-order valence-electron chi connectivity index (χ4n) is 2.90. The van der Waals surface area contributed by atoms with Crippen molar-refractivity contribution in [2.75, 3.05) is 6.61 Å². The second-order valence-electron chi connectivity index (χ2n) is 5.89. The Morgan fingerprint density at radius 3 is 2.65 bits per heavy atom. The van der Waals surface area contributed by atoms with Crippen molar-refractivity contribution in [2.45, 2.75) is 19.1 Å². The summed E-state index contributed by atoms with van der Waals surface area (Å²) in [6.45, 7) is 0.211. The third-order valence-electron chi connectivity index (χ3n) is 4.24. The van der Waals surface area contributed by atoms with E-state index in [9.17, 15) is 19.2 Å². The molecule has 1 atom stereocenters. The molecule has 0 aliphatic carbocycles. The van der Waals surface area contributed by atoms with Crippen LogP contribution < -0.4 is 0 Å². The molecule has 0 N–H and O–H groups in total. The van der Waals surface area contributed by atoms with E-state index < -0.39 is 29.9 Å². The minimum absolute atomic E-state index is 0.00699. The summed E-state index contributed by atoms with van der Waals surface area (Å²) < 4.78 is 15.0. The van der Waals surface area contributed by atoms with Crippen molar-refractivity contribution in [1.29, 1.82) is 0 Å². The summed E-state index contributed by atoms with van der Waals surface area (Å²) >= 11 is 0. The van der Waals surface area contributed by atoms with Crippen LogP contribution in [0.25, 0.3) is 0 Å². The van der Waals surface area contributed by atoms with Crippen LogP contribution in [0, 0.1) is 0 Å². The van der Waals surface area contributed by atoms with Crippen molar-refractivity contribution in [3.05, 3.63) is 59.0 Å². The number of amides is 2. The SMILES string of the molecule is O=C(O[C@H]1CCOC1=O)c1ccc2c(c1)C(=O)N(Cc1ccco1)C2=O. The van der Waals surface area contributed by atoms with Crippen LogP contribution in [-0.2, 0) is 20.8 Å². The lowest BCUT2D eigenvalue weighted by molar-refractivity contribution is -0.145. The first-order valence-corrected chi connectivity index (χ1v) is 7.95. The highest BCUT2D eigenvalue weighted by atomic mass is 16.6. The second kappa shape index (κ2) is 6.14. The van der Waals surface area contributed by atoms with Crippen molar-refractivity contribution < 1.29 is 33.1 Å². The second-order valence-corrected chi connectivity index (χ2v) is 5.89. The molecule has 1 aromatic carbocycles. The van der Waals surface area contributed by atoms with Crippen molar-refractivity contribution in [1.82, 2.24) is 4.90 Å². The highest BCUT2D eigenvalue weighted by molar-refractivity contribution is 6.21. The standard InChI is InChI=1S/C18H13NO7/c20-15-12-4-3-10(17(22)26-14-5-7-25-18(14)23)8-13(12)16(21)19(15)9-11-2-1-6-24-11/h1-4,6,8,14H,5,7,9H2/t14-/m0/s1. The van der Waals surface area contributed by atoms with Gasteiger partial charge in [0.05, 0.1) is 36.1 Å². The van der Waals surface area contributed by atoms with Gasteiger partial charge in [-0.05, 0) is 30.3 Å². The Kier molecular flexibility index (Phi) is 3.80. The van der Waals surface area contributed by atoms with Gasteiger partial charge in [0.2, 0.25) is 6.10 Å². The molecule has 1 fully saturated rings. The summed E-state index contributed by atoms with van der Waals surface area (Å²) in [5, 5.41) is 0. The number of carbonyl (C=O) groups excluding carboxylic acids is 4. The summed E-state index contributed by atoms with van der Waals surface area (Å²) in [5.74, 6) is -1.84. The number of rotatable bonds is 4. The number of nitrogens with zero attached hydrogens (tertiary/aromatic N) is 1. The van der Waals surface area contributed by atoms with Crippen LogP contribution in [0.2, 0.25) is 0 Å². The third-order valence-corrected chi connectivity index (χ3v) is 4.24. The number of carbonyl (C=O) groups is 4. The van der Waals surface area contributed by atoms with Crippen molar-refractivity contribution in [3.8, 4) is 0 Å². The lowest BCUT2D eigenvalue weighted by Gasteiger charge is -2.11. The van der Waals surface area contributed by atoms with E-state index in [1.54, 1.807) is 12.1 Å². The van der Waals surface area contributed by atoms with Gasteiger partial charge in [0, 0.05) is 6.42 Å². The highest BCUT2D eigenvalue weighted by Crippen LogP contribution is 2.26. The van der Waals surface area contributed by atoms with E-state index in [0.29, 0.717) is 12.2 Å². The average Bonchev–Trinajstić information content (AvgIpc) is 3.34. The van der Waals surface area contributed by atoms with Crippen molar-refractivity contribution >= 4 is 23.8 Å². The molecule has 3 heterocycles. The summed E-state index contributed by atoms with van der Waals surface area (Å²) in [5.41, 5.74) is 0.410. The number of benzene rings is 1. The lowest BCUT2D eigenvalue weighted by Crippen LogP contribution is -2.28. The molecule has 0 bridgehead atoms. The molecule has 1 saturated heterocycles. The van der Waals surface area contributed by atoms with Gasteiger partial charge >= 0.3 is 11.9 Å².